The average Bonchev–Trinajstić information content (AvgIpc) is 2.69. The van der Waals surface area contributed by atoms with Gasteiger partial charge in [-0.2, -0.15) is 0 Å². The van der Waals surface area contributed by atoms with Crippen LogP contribution in [-0.4, -0.2) is 10.1 Å². The van der Waals surface area contributed by atoms with E-state index in [1.54, 1.807) is 0 Å². The van der Waals surface area contributed by atoms with Crippen LogP contribution in [-0.2, 0) is 0 Å². The summed E-state index contributed by atoms with van der Waals surface area (Å²) in [5.41, 5.74) is 9.46. The summed E-state index contributed by atoms with van der Waals surface area (Å²) in [5.74, 6) is 0.845. The molecule has 100 valence electrons. The van der Waals surface area contributed by atoms with Crippen LogP contribution < -0.4 is 11.1 Å². The van der Waals surface area contributed by atoms with Gasteiger partial charge in [0.15, 0.2) is 0 Å². The Hall–Kier alpha value is -1.88. The van der Waals surface area contributed by atoms with E-state index >= 15 is 0 Å². The first-order valence-corrected chi connectivity index (χ1v) is 6.49. The Kier molecular flexibility index (Phi) is 3.85. The highest BCUT2D eigenvalue weighted by atomic mass is 32.1. The summed E-state index contributed by atoms with van der Waals surface area (Å²) in [6.45, 7) is 5.94. The predicted octanol–water partition coefficient (Wildman–Crippen LogP) is 3.10. The molecule has 4 nitrogen and oxygen atoms in total. The Bertz CT molecular complexity index is 570. The minimum Gasteiger partial charge on any atom is -0.389 e. The fourth-order valence-corrected chi connectivity index (χ4v) is 2.30. The summed E-state index contributed by atoms with van der Waals surface area (Å²) >= 11 is 4.93. The maximum Gasteiger partial charge on any atom is 0.139 e. The summed E-state index contributed by atoms with van der Waals surface area (Å²) in [6.07, 6.45) is 0. The monoisotopic (exact) mass is 275 g/mol. The number of nitrogens with two attached hydrogens (primary N) is 1. The van der Waals surface area contributed by atoms with Crippen molar-refractivity contribution in [3.8, 4) is 0 Å². The fourth-order valence-electron chi connectivity index (χ4n) is 2.16. The topological polar surface area (TPSA) is 64.1 Å². The number of thiocarbonyl (C=S) groups is 1. The molecule has 0 aliphatic rings. The normalized spacial score (nSPS) is 12.2. The molecule has 0 bridgehead atoms. The Balaban J connectivity index is 2.15. The molecule has 19 heavy (non-hydrogen) atoms. The second kappa shape index (κ2) is 5.40. The second-order valence-electron chi connectivity index (χ2n) is 4.55. The van der Waals surface area contributed by atoms with Gasteiger partial charge in [-0.25, -0.2) is 0 Å². The van der Waals surface area contributed by atoms with Gasteiger partial charge in [-0.1, -0.05) is 17.4 Å². The Morgan fingerprint density at radius 3 is 2.42 bits per heavy atom. The standard InChI is InChI=1S/C14H17N3OS/c1-8(13-9(2)17-18-10(13)3)16-12-6-4-11(5-7-12)14(15)19/h4-8,16H,1-3H3,(H2,15,19). The molecule has 1 unspecified atom stereocenters. The number of hydrogen-bond acceptors (Lipinski definition) is 4. The zero-order valence-corrected chi connectivity index (χ0v) is 12.0. The van der Waals surface area contributed by atoms with Crippen LogP contribution in [0.25, 0.3) is 0 Å². The maximum atomic E-state index is 5.57. The lowest BCUT2D eigenvalue weighted by Crippen LogP contribution is -2.10. The third kappa shape index (κ3) is 2.93. The minimum absolute atomic E-state index is 0.127. The van der Waals surface area contributed by atoms with E-state index in [4.69, 9.17) is 22.5 Å². The molecule has 2 rings (SSSR count). The van der Waals surface area contributed by atoms with Crippen LogP contribution in [0.3, 0.4) is 0 Å². The lowest BCUT2D eigenvalue weighted by Gasteiger charge is -2.15. The first kappa shape index (κ1) is 13.5. The third-order valence-electron chi connectivity index (χ3n) is 3.07. The molecule has 0 fully saturated rings. The van der Waals surface area contributed by atoms with Gasteiger partial charge in [0, 0.05) is 16.8 Å². The molecule has 1 heterocycles. The molecule has 1 aromatic carbocycles. The van der Waals surface area contributed by atoms with Crippen LogP contribution in [0, 0.1) is 13.8 Å². The van der Waals surface area contributed by atoms with Crippen LogP contribution in [0.1, 0.15) is 35.5 Å². The van der Waals surface area contributed by atoms with Crippen LogP contribution >= 0.6 is 12.2 Å². The number of anilines is 1. The number of rotatable bonds is 4. The summed E-state index contributed by atoms with van der Waals surface area (Å²) in [4.78, 5) is 0.408. The summed E-state index contributed by atoms with van der Waals surface area (Å²) in [5, 5.41) is 7.38. The number of benzene rings is 1. The molecule has 3 N–H and O–H groups in total. The van der Waals surface area contributed by atoms with Gasteiger partial charge in [-0.05, 0) is 45.0 Å². The first-order valence-electron chi connectivity index (χ1n) is 6.08. The summed E-state index contributed by atoms with van der Waals surface area (Å²) in [6, 6.07) is 7.86. The molecular formula is C14H17N3OS. The van der Waals surface area contributed by atoms with Crippen molar-refractivity contribution in [3.05, 3.63) is 46.8 Å². The van der Waals surface area contributed by atoms with Gasteiger partial charge in [-0.3, -0.25) is 0 Å². The van der Waals surface area contributed by atoms with Gasteiger partial charge in [0.1, 0.15) is 10.7 Å². The second-order valence-corrected chi connectivity index (χ2v) is 4.99. The smallest absolute Gasteiger partial charge is 0.139 e. The highest BCUT2D eigenvalue weighted by Gasteiger charge is 2.16. The average molecular weight is 275 g/mol. The molecule has 0 saturated heterocycles. The predicted molar refractivity (Wildman–Crippen MR) is 80.3 cm³/mol. The van der Waals surface area contributed by atoms with E-state index in [9.17, 15) is 0 Å². The molecule has 0 amide bonds. The van der Waals surface area contributed by atoms with Gasteiger partial charge in [0.05, 0.1) is 11.7 Å². The van der Waals surface area contributed by atoms with Crippen molar-refractivity contribution in [2.45, 2.75) is 26.8 Å². The third-order valence-corrected chi connectivity index (χ3v) is 3.31. The van der Waals surface area contributed by atoms with Crippen LogP contribution in [0.4, 0.5) is 5.69 Å². The van der Waals surface area contributed by atoms with Gasteiger partial charge < -0.3 is 15.6 Å². The highest BCUT2D eigenvalue weighted by Crippen LogP contribution is 2.24. The lowest BCUT2D eigenvalue weighted by atomic mass is 10.1. The number of hydrogen-bond donors (Lipinski definition) is 2. The van der Waals surface area contributed by atoms with Gasteiger partial charge in [0.25, 0.3) is 0 Å². The Morgan fingerprint density at radius 1 is 1.32 bits per heavy atom. The number of aryl methyl sites for hydroxylation is 2. The molecule has 1 aromatic heterocycles. The van der Waals surface area contributed by atoms with E-state index in [1.165, 1.54) is 0 Å². The molecule has 5 heteroatoms. The molecular weight excluding hydrogens is 258 g/mol. The van der Waals surface area contributed by atoms with E-state index in [0.29, 0.717) is 4.99 Å². The minimum atomic E-state index is 0.127. The van der Waals surface area contributed by atoms with E-state index in [-0.39, 0.29) is 6.04 Å². The van der Waals surface area contributed by atoms with E-state index in [1.807, 2.05) is 38.1 Å². The zero-order chi connectivity index (χ0) is 14.0. The van der Waals surface area contributed by atoms with Crippen molar-refractivity contribution >= 4 is 22.9 Å². The van der Waals surface area contributed by atoms with Crippen molar-refractivity contribution in [2.75, 3.05) is 5.32 Å². The molecule has 0 spiro atoms. The van der Waals surface area contributed by atoms with E-state index < -0.39 is 0 Å². The van der Waals surface area contributed by atoms with E-state index in [2.05, 4.69) is 17.4 Å². The van der Waals surface area contributed by atoms with Crippen LogP contribution in [0.2, 0.25) is 0 Å². The zero-order valence-electron chi connectivity index (χ0n) is 11.2. The van der Waals surface area contributed by atoms with Crippen LogP contribution in [0.15, 0.2) is 28.8 Å². The van der Waals surface area contributed by atoms with Gasteiger partial charge in [-0.15, -0.1) is 0 Å². The molecule has 0 aliphatic carbocycles. The number of aromatic nitrogens is 1. The number of nitrogens with zero attached hydrogens (tertiary/aromatic N) is 1. The fraction of sp³-hybridized carbons (Fsp3) is 0.286. The SMILES string of the molecule is Cc1noc(C)c1C(C)Nc1ccc(C(N)=S)cc1. The molecule has 2 aromatic rings. The molecule has 0 radical (unpaired) electrons. The van der Waals surface area contributed by atoms with Crippen molar-refractivity contribution < 1.29 is 4.52 Å². The summed E-state index contributed by atoms with van der Waals surface area (Å²) in [7, 11) is 0. The highest BCUT2D eigenvalue weighted by molar-refractivity contribution is 7.80. The first-order chi connectivity index (χ1) is 8.99. The van der Waals surface area contributed by atoms with Crippen molar-refractivity contribution in [3.63, 3.8) is 0 Å². The quantitative estimate of drug-likeness (QED) is 0.839. The van der Waals surface area contributed by atoms with Crippen molar-refractivity contribution in [2.24, 2.45) is 5.73 Å². The van der Waals surface area contributed by atoms with Crippen LogP contribution in [0.5, 0.6) is 0 Å². The Morgan fingerprint density at radius 2 is 1.95 bits per heavy atom. The molecule has 1 atom stereocenters. The van der Waals surface area contributed by atoms with Gasteiger partial charge >= 0.3 is 0 Å². The van der Waals surface area contributed by atoms with Crippen molar-refractivity contribution in [1.29, 1.82) is 0 Å². The summed E-state index contributed by atoms with van der Waals surface area (Å²) < 4.78 is 5.18. The largest absolute Gasteiger partial charge is 0.389 e. The molecule has 0 aliphatic heterocycles. The Labute approximate surface area is 118 Å². The van der Waals surface area contributed by atoms with Crippen molar-refractivity contribution in [1.82, 2.24) is 5.16 Å². The van der Waals surface area contributed by atoms with Gasteiger partial charge in [0.2, 0.25) is 0 Å². The molecule has 0 saturated carbocycles. The maximum absolute atomic E-state index is 5.57. The number of nitrogens with one attached hydrogen (secondary N) is 1. The van der Waals surface area contributed by atoms with E-state index in [0.717, 1.165) is 28.3 Å². The lowest BCUT2D eigenvalue weighted by molar-refractivity contribution is 0.392.